The molecule has 0 saturated carbocycles. The molecule has 0 amide bonds. The maximum atomic E-state index is 5.06. The summed E-state index contributed by atoms with van der Waals surface area (Å²) >= 11 is 0. The van der Waals surface area contributed by atoms with E-state index in [1.165, 1.54) is 12.8 Å². The van der Waals surface area contributed by atoms with Crippen LogP contribution in [0.5, 0.6) is 0 Å². The lowest BCUT2D eigenvalue weighted by atomic mass is 10.1. The van der Waals surface area contributed by atoms with Crippen LogP contribution in [0.15, 0.2) is 0 Å². The van der Waals surface area contributed by atoms with Crippen LogP contribution in [0.1, 0.15) is 33.6 Å². The van der Waals surface area contributed by atoms with E-state index in [4.69, 9.17) is 4.74 Å². The fourth-order valence-electron chi connectivity index (χ4n) is 1.33. The summed E-state index contributed by atoms with van der Waals surface area (Å²) in [5.41, 5.74) is 0. The van der Waals surface area contributed by atoms with Crippen molar-refractivity contribution >= 4 is 0 Å². The van der Waals surface area contributed by atoms with E-state index < -0.39 is 0 Å². The molecule has 0 aliphatic rings. The summed E-state index contributed by atoms with van der Waals surface area (Å²) in [4.78, 5) is 0. The van der Waals surface area contributed by atoms with Crippen molar-refractivity contribution in [1.29, 1.82) is 0 Å². The molecule has 1 atom stereocenters. The maximum Gasteiger partial charge on any atom is 0.0499 e. The van der Waals surface area contributed by atoms with Crippen LogP contribution in [-0.4, -0.2) is 26.8 Å². The topological polar surface area (TPSA) is 21.3 Å². The number of ether oxygens (including phenoxy) is 1. The molecular formula is C11H25NO. The first-order valence-electron chi connectivity index (χ1n) is 5.36. The lowest BCUT2D eigenvalue weighted by Gasteiger charge is -2.11. The van der Waals surface area contributed by atoms with E-state index in [-0.39, 0.29) is 0 Å². The molecule has 13 heavy (non-hydrogen) atoms. The second-order valence-electron chi connectivity index (χ2n) is 4.30. The van der Waals surface area contributed by atoms with E-state index in [9.17, 15) is 0 Å². The van der Waals surface area contributed by atoms with Gasteiger partial charge in [-0.3, -0.25) is 0 Å². The molecule has 0 aliphatic carbocycles. The predicted molar refractivity (Wildman–Crippen MR) is 58.0 cm³/mol. The number of hydrogen-bond acceptors (Lipinski definition) is 2. The van der Waals surface area contributed by atoms with Gasteiger partial charge in [0.2, 0.25) is 0 Å². The average molecular weight is 187 g/mol. The number of nitrogens with one attached hydrogen (secondary N) is 1. The molecule has 0 saturated heterocycles. The third-order valence-corrected chi connectivity index (χ3v) is 2.08. The summed E-state index contributed by atoms with van der Waals surface area (Å²) in [6.07, 6.45) is 2.61. The molecule has 0 aliphatic heterocycles. The minimum atomic E-state index is 0.629. The van der Waals surface area contributed by atoms with Crippen molar-refractivity contribution in [1.82, 2.24) is 5.32 Å². The van der Waals surface area contributed by atoms with Gasteiger partial charge in [0.25, 0.3) is 0 Å². The van der Waals surface area contributed by atoms with E-state index in [0.717, 1.165) is 25.6 Å². The number of rotatable bonds is 8. The fourth-order valence-corrected chi connectivity index (χ4v) is 1.33. The van der Waals surface area contributed by atoms with Crippen molar-refractivity contribution in [2.45, 2.75) is 33.6 Å². The quantitative estimate of drug-likeness (QED) is 0.589. The Morgan fingerprint density at radius 3 is 2.46 bits per heavy atom. The largest absolute Gasteiger partial charge is 0.384 e. The number of methoxy groups -OCH3 is 1. The first kappa shape index (κ1) is 12.9. The van der Waals surface area contributed by atoms with Crippen LogP contribution in [0.3, 0.4) is 0 Å². The Labute approximate surface area is 83.1 Å². The van der Waals surface area contributed by atoms with Crippen LogP contribution in [0.2, 0.25) is 0 Å². The molecule has 0 heterocycles. The molecule has 0 aromatic heterocycles. The van der Waals surface area contributed by atoms with Gasteiger partial charge in [0.05, 0.1) is 0 Å². The van der Waals surface area contributed by atoms with Crippen molar-refractivity contribution < 1.29 is 4.74 Å². The maximum absolute atomic E-state index is 5.06. The van der Waals surface area contributed by atoms with Gasteiger partial charge in [0.1, 0.15) is 0 Å². The van der Waals surface area contributed by atoms with Crippen molar-refractivity contribution in [3.05, 3.63) is 0 Å². The molecule has 0 bridgehead atoms. The molecule has 0 aromatic carbocycles. The third kappa shape index (κ3) is 9.84. The molecule has 80 valence electrons. The van der Waals surface area contributed by atoms with Crippen LogP contribution in [-0.2, 0) is 4.74 Å². The van der Waals surface area contributed by atoms with Gasteiger partial charge in [-0.1, -0.05) is 20.8 Å². The van der Waals surface area contributed by atoms with Crippen molar-refractivity contribution in [3.63, 3.8) is 0 Å². The second kappa shape index (κ2) is 8.52. The second-order valence-corrected chi connectivity index (χ2v) is 4.30. The Morgan fingerprint density at radius 1 is 1.23 bits per heavy atom. The SMILES string of the molecule is COCC(C)CNCCCC(C)C. The van der Waals surface area contributed by atoms with E-state index in [0.29, 0.717) is 5.92 Å². The van der Waals surface area contributed by atoms with Crippen LogP contribution < -0.4 is 5.32 Å². The predicted octanol–water partition coefficient (Wildman–Crippen LogP) is 2.29. The Kier molecular flexibility index (Phi) is 8.46. The molecule has 2 heteroatoms. The third-order valence-electron chi connectivity index (χ3n) is 2.08. The smallest absolute Gasteiger partial charge is 0.0499 e. The molecule has 0 rings (SSSR count). The minimum absolute atomic E-state index is 0.629. The molecule has 0 aromatic rings. The van der Waals surface area contributed by atoms with Gasteiger partial charge in [0, 0.05) is 13.7 Å². The zero-order valence-electron chi connectivity index (χ0n) is 9.60. The Hall–Kier alpha value is -0.0800. The lowest BCUT2D eigenvalue weighted by molar-refractivity contribution is 0.158. The van der Waals surface area contributed by atoms with Gasteiger partial charge < -0.3 is 10.1 Å². The highest BCUT2D eigenvalue weighted by Gasteiger charge is 1.99. The molecule has 1 N–H and O–H groups in total. The monoisotopic (exact) mass is 187 g/mol. The Morgan fingerprint density at radius 2 is 1.92 bits per heavy atom. The van der Waals surface area contributed by atoms with E-state index in [2.05, 4.69) is 26.1 Å². The van der Waals surface area contributed by atoms with Crippen LogP contribution in [0, 0.1) is 11.8 Å². The van der Waals surface area contributed by atoms with Crippen LogP contribution >= 0.6 is 0 Å². The highest BCUT2D eigenvalue weighted by atomic mass is 16.5. The summed E-state index contributed by atoms with van der Waals surface area (Å²) < 4.78 is 5.06. The molecule has 0 radical (unpaired) electrons. The molecule has 0 spiro atoms. The molecule has 2 nitrogen and oxygen atoms in total. The van der Waals surface area contributed by atoms with Gasteiger partial charge in [-0.2, -0.15) is 0 Å². The van der Waals surface area contributed by atoms with Gasteiger partial charge in [0.15, 0.2) is 0 Å². The van der Waals surface area contributed by atoms with Crippen molar-refractivity contribution in [3.8, 4) is 0 Å². The Bertz CT molecular complexity index is 104. The summed E-state index contributed by atoms with van der Waals surface area (Å²) in [7, 11) is 1.76. The van der Waals surface area contributed by atoms with Crippen LogP contribution in [0.4, 0.5) is 0 Å². The fraction of sp³-hybridized carbons (Fsp3) is 1.00. The summed E-state index contributed by atoms with van der Waals surface area (Å²) in [6, 6.07) is 0. The average Bonchev–Trinajstić information content (AvgIpc) is 2.03. The van der Waals surface area contributed by atoms with E-state index in [1.807, 2.05) is 0 Å². The van der Waals surface area contributed by atoms with Gasteiger partial charge in [-0.15, -0.1) is 0 Å². The zero-order valence-corrected chi connectivity index (χ0v) is 9.60. The molecule has 1 unspecified atom stereocenters. The summed E-state index contributed by atoms with van der Waals surface area (Å²) in [5.74, 6) is 1.46. The van der Waals surface area contributed by atoms with Gasteiger partial charge in [-0.25, -0.2) is 0 Å². The van der Waals surface area contributed by atoms with Gasteiger partial charge >= 0.3 is 0 Å². The standard InChI is InChI=1S/C11H25NO/c1-10(2)6-5-7-12-8-11(3)9-13-4/h10-12H,5-9H2,1-4H3. The minimum Gasteiger partial charge on any atom is -0.384 e. The summed E-state index contributed by atoms with van der Waals surface area (Å²) in [5, 5.41) is 3.45. The molecular weight excluding hydrogens is 162 g/mol. The van der Waals surface area contributed by atoms with E-state index >= 15 is 0 Å². The highest BCUT2D eigenvalue weighted by molar-refractivity contribution is 4.56. The molecule has 0 fully saturated rings. The van der Waals surface area contributed by atoms with Crippen molar-refractivity contribution in [2.75, 3.05) is 26.8 Å². The van der Waals surface area contributed by atoms with E-state index in [1.54, 1.807) is 7.11 Å². The Balaban J connectivity index is 3.06. The first-order valence-corrected chi connectivity index (χ1v) is 5.36. The first-order chi connectivity index (χ1) is 6.16. The highest BCUT2D eigenvalue weighted by Crippen LogP contribution is 2.01. The lowest BCUT2D eigenvalue weighted by Crippen LogP contribution is -2.24. The normalized spacial score (nSPS) is 13.6. The van der Waals surface area contributed by atoms with Gasteiger partial charge in [-0.05, 0) is 37.8 Å². The van der Waals surface area contributed by atoms with Crippen LogP contribution in [0.25, 0.3) is 0 Å². The van der Waals surface area contributed by atoms with Crippen molar-refractivity contribution in [2.24, 2.45) is 11.8 Å². The number of hydrogen-bond donors (Lipinski definition) is 1. The summed E-state index contributed by atoms with van der Waals surface area (Å²) in [6.45, 7) is 9.83. The zero-order chi connectivity index (χ0) is 10.1.